The Morgan fingerprint density at radius 2 is 2.06 bits per heavy atom. The molecule has 0 saturated carbocycles. The van der Waals surface area contributed by atoms with Gasteiger partial charge in [-0.05, 0) is 18.2 Å². The quantitative estimate of drug-likeness (QED) is 0.621. The molecule has 0 aliphatic heterocycles. The van der Waals surface area contributed by atoms with Crippen molar-refractivity contribution in [2.75, 3.05) is 5.73 Å². The molecule has 0 atom stereocenters. The van der Waals surface area contributed by atoms with Crippen LogP contribution in [0.3, 0.4) is 0 Å². The number of hydrogen-bond donors (Lipinski definition) is 2. The second-order valence-electron chi connectivity index (χ2n) is 3.24. The van der Waals surface area contributed by atoms with Gasteiger partial charge in [0.25, 0.3) is 0 Å². The number of carbonyl (C=O) groups is 1. The number of rotatable bonds is 2. The summed E-state index contributed by atoms with van der Waals surface area (Å²) in [5.41, 5.74) is 10.7. The van der Waals surface area contributed by atoms with Gasteiger partial charge in [0.2, 0.25) is 5.91 Å². The summed E-state index contributed by atoms with van der Waals surface area (Å²) in [5.74, 6) is 3.77. The zero-order chi connectivity index (χ0) is 13.8. The molecule has 0 spiro atoms. The summed E-state index contributed by atoms with van der Waals surface area (Å²) in [6, 6.07) is 3.34. The average molecular weight is 258 g/mol. The molecule has 0 radical (unpaired) electrons. The topological polar surface area (TPSA) is 78.3 Å². The number of alkyl halides is 3. The first-order valence-corrected chi connectivity index (χ1v) is 4.70. The van der Waals surface area contributed by atoms with Gasteiger partial charge in [-0.1, -0.05) is 11.8 Å². The Bertz CT molecular complexity index is 515. The number of primary amides is 1. The lowest BCUT2D eigenvalue weighted by atomic mass is 10.1. The molecule has 18 heavy (non-hydrogen) atoms. The normalized spacial score (nSPS) is 10.4. The van der Waals surface area contributed by atoms with Crippen molar-refractivity contribution in [2.24, 2.45) is 5.73 Å². The molecule has 0 aliphatic carbocycles. The van der Waals surface area contributed by atoms with Crippen LogP contribution in [0.2, 0.25) is 0 Å². The van der Waals surface area contributed by atoms with Gasteiger partial charge in [0, 0.05) is 5.69 Å². The number of carbonyl (C=O) groups excluding carboxylic acids is 1. The molecule has 0 bridgehead atoms. The molecular weight excluding hydrogens is 249 g/mol. The fourth-order valence-electron chi connectivity index (χ4n) is 1.07. The smallest absolute Gasteiger partial charge is 0.406 e. The second-order valence-corrected chi connectivity index (χ2v) is 3.24. The van der Waals surface area contributed by atoms with Gasteiger partial charge in [0.1, 0.15) is 5.75 Å². The van der Waals surface area contributed by atoms with Crippen LogP contribution in [0.4, 0.5) is 18.9 Å². The van der Waals surface area contributed by atoms with Crippen molar-refractivity contribution in [3.63, 3.8) is 0 Å². The third kappa shape index (κ3) is 4.65. The van der Waals surface area contributed by atoms with E-state index in [1.54, 1.807) is 0 Å². The lowest BCUT2D eigenvalue weighted by Crippen LogP contribution is -2.17. The number of nitrogens with two attached hydrogens (primary N) is 2. The Morgan fingerprint density at radius 1 is 1.39 bits per heavy atom. The highest BCUT2D eigenvalue weighted by molar-refractivity contribution is 5.76. The van der Waals surface area contributed by atoms with E-state index in [0.717, 1.165) is 12.1 Å². The van der Waals surface area contributed by atoms with Gasteiger partial charge >= 0.3 is 6.36 Å². The monoisotopic (exact) mass is 258 g/mol. The van der Waals surface area contributed by atoms with Crippen LogP contribution in [0.1, 0.15) is 12.0 Å². The lowest BCUT2D eigenvalue weighted by molar-refractivity contribution is -0.274. The molecule has 4 nitrogen and oxygen atoms in total. The third-order valence-electron chi connectivity index (χ3n) is 1.74. The van der Waals surface area contributed by atoms with Gasteiger partial charge in [-0.3, -0.25) is 4.79 Å². The molecule has 1 aromatic rings. The minimum absolute atomic E-state index is 0.137. The van der Waals surface area contributed by atoms with Gasteiger partial charge in [0.15, 0.2) is 0 Å². The van der Waals surface area contributed by atoms with Gasteiger partial charge in [-0.2, -0.15) is 0 Å². The van der Waals surface area contributed by atoms with Crippen LogP contribution < -0.4 is 16.2 Å². The second kappa shape index (κ2) is 5.31. The van der Waals surface area contributed by atoms with Gasteiger partial charge in [-0.15, -0.1) is 13.2 Å². The summed E-state index contributed by atoms with van der Waals surface area (Å²) in [6.07, 6.45) is -4.99. The van der Waals surface area contributed by atoms with Gasteiger partial charge in [0.05, 0.1) is 12.0 Å². The van der Waals surface area contributed by atoms with Gasteiger partial charge in [-0.25, -0.2) is 0 Å². The number of nitrogen functional groups attached to an aromatic ring is 1. The van der Waals surface area contributed by atoms with Crippen molar-refractivity contribution in [3.8, 4) is 17.6 Å². The van der Waals surface area contributed by atoms with Crippen LogP contribution >= 0.6 is 0 Å². The van der Waals surface area contributed by atoms with E-state index in [9.17, 15) is 18.0 Å². The van der Waals surface area contributed by atoms with Crippen molar-refractivity contribution in [1.82, 2.24) is 0 Å². The first-order chi connectivity index (χ1) is 8.28. The molecular formula is C11H9F3N2O2. The lowest BCUT2D eigenvalue weighted by Gasteiger charge is -2.09. The molecule has 1 amide bonds. The predicted molar refractivity (Wildman–Crippen MR) is 58.2 cm³/mol. The Morgan fingerprint density at radius 3 is 2.61 bits per heavy atom. The Balaban J connectivity index is 2.93. The number of halogens is 3. The summed E-state index contributed by atoms with van der Waals surface area (Å²) in [7, 11) is 0. The van der Waals surface area contributed by atoms with Gasteiger partial charge < -0.3 is 16.2 Å². The average Bonchev–Trinajstić information content (AvgIpc) is 2.20. The fourth-order valence-corrected chi connectivity index (χ4v) is 1.07. The summed E-state index contributed by atoms with van der Waals surface area (Å²) < 4.78 is 39.7. The Labute approximate surface area is 101 Å². The van der Waals surface area contributed by atoms with Crippen LogP contribution in [0.25, 0.3) is 0 Å². The van der Waals surface area contributed by atoms with E-state index in [1.165, 1.54) is 6.07 Å². The number of hydrogen-bond acceptors (Lipinski definition) is 3. The van der Waals surface area contributed by atoms with Crippen molar-refractivity contribution >= 4 is 11.6 Å². The zero-order valence-corrected chi connectivity index (χ0v) is 9.04. The number of ether oxygens (including phenoxy) is 1. The zero-order valence-electron chi connectivity index (χ0n) is 9.04. The van der Waals surface area contributed by atoms with E-state index < -0.39 is 18.0 Å². The van der Waals surface area contributed by atoms with E-state index in [-0.39, 0.29) is 17.7 Å². The van der Waals surface area contributed by atoms with E-state index >= 15 is 0 Å². The Kier molecular flexibility index (Phi) is 4.05. The highest BCUT2D eigenvalue weighted by Gasteiger charge is 2.31. The summed E-state index contributed by atoms with van der Waals surface area (Å²) >= 11 is 0. The maximum absolute atomic E-state index is 12.0. The molecule has 0 unspecified atom stereocenters. The summed E-state index contributed by atoms with van der Waals surface area (Å²) in [6.45, 7) is 0. The molecule has 0 aromatic heterocycles. The first kappa shape index (κ1) is 13.7. The molecule has 0 fully saturated rings. The minimum Gasteiger partial charge on any atom is -0.406 e. The van der Waals surface area contributed by atoms with E-state index in [4.69, 9.17) is 11.5 Å². The SMILES string of the molecule is NC(=O)CC#Cc1cc(OC(F)(F)F)ccc1N. The number of anilines is 1. The van der Waals surface area contributed by atoms with E-state index in [2.05, 4.69) is 16.6 Å². The van der Waals surface area contributed by atoms with Crippen LogP contribution in [-0.2, 0) is 4.79 Å². The van der Waals surface area contributed by atoms with Crippen LogP contribution in [-0.4, -0.2) is 12.3 Å². The Hall–Kier alpha value is -2.36. The largest absolute Gasteiger partial charge is 0.573 e. The minimum atomic E-state index is -4.78. The van der Waals surface area contributed by atoms with E-state index in [0.29, 0.717) is 0 Å². The molecule has 1 rings (SSSR count). The van der Waals surface area contributed by atoms with Crippen molar-refractivity contribution in [3.05, 3.63) is 23.8 Å². The predicted octanol–water partition coefficient (Wildman–Crippen LogP) is 1.39. The summed E-state index contributed by atoms with van der Waals surface area (Å²) in [5, 5.41) is 0. The van der Waals surface area contributed by atoms with Crippen molar-refractivity contribution in [2.45, 2.75) is 12.8 Å². The van der Waals surface area contributed by atoms with Crippen LogP contribution in [0.15, 0.2) is 18.2 Å². The molecule has 4 N–H and O–H groups in total. The molecule has 0 saturated heterocycles. The fraction of sp³-hybridized carbons (Fsp3) is 0.182. The van der Waals surface area contributed by atoms with E-state index in [1.807, 2.05) is 0 Å². The highest BCUT2D eigenvalue weighted by atomic mass is 19.4. The van der Waals surface area contributed by atoms with Crippen LogP contribution in [0, 0.1) is 11.8 Å². The van der Waals surface area contributed by atoms with Crippen molar-refractivity contribution in [1.29, 1.82) is 0 Å². The molecule has 0 aliphatic rings. The maximum atomic E-state index is 12.0. The number of benzene rings is 1. The molecule has 0 heterocycles. The first-order valence-electron chi connectivity index (χ1n) is 4.70. The maximum Gasteiger partial charge on any atom is 0.573 e. The summed E-state index contributed by atoms with van der Waals surface area (Å²) in [4.78, 5) is 10.4. The molecule has 7 heteroatoms. The highest BCUT2D eigenvalue weighted by Crippen LogP contribution is 2.25. The molecule has 1 aromatic carbocycles. The molecule has 96 valence electrons. The standard InChI is InChI=1S/C11H9F3N2O2/c12-11(13,14)18-8-4-5-9(15)7(6-8)2-1-3-10(16)17/h4-6H,3,15H2,(H2,16,17). The third-order valence-corrected chi connectivity index (χ3v) is 1.74. The van der Waals surface area contributed by atoms with Crippen molar-refractivity contribution < 1.29 is 22.7 Å². The van der Waals surface area contributed by atoms with Crippen LogP contribution in [0.5, 0.6) is 5.75 Å². The number of amides is 1.